The number of amides is 1. The van der Waals surface area contributed by atoms with Crippen LogP contribution in [0.1, 0.15) is 21.7 Å². The maximum Gasteiger partial charge on any atom is 0.269 e. The highest BCUT2D eigenvalue weighted by Gasteiger charge is 2.18. The highest BCUT2D eigenvalue weighted by atomic mass is 32.2. The number of nitro groups is 1. The van der Waals surface area contributed by atoms with E-state index in [-0.39, 0.29) is 23.6 Å². The van der Waals surface area contributed by atoms with Gasteiger partial charge in [-0.05, 0) is 42.0 Å². The van der Waals surface area contributed by atoms with Gasteiger partial charge in [0.15, 0.2) is 11.0 Å². The number of nitro benzene ring substituents is 1. The van der Waals surface area contributed by atoms with Crippen molar-refractivity contribution in [1.29, 1.82) is 0 Å². The summed E-state index contributed by atoms with van der Waals surface area (Å²) in [5.74, 6) is -0.785. The number of thioether (sulfide) groups is 1. The number of aromatic nitrogens is 3. The van der Waals surface area contributed by atoms with Crippen LogP contribution >= 0.6 is 11.8 Å². The van der Waals surface area contributed by atoms with Crippen LogP contribution in [-0.4, -0.2) is 25.6 Å². The Morgan fingerprint density at radius 3 is 2.38 bits per heavy atom. The molecule has 3 aromatic carbocycles. The first-order valence-corrected chi connectivity index (χ1v) is 11.0. The smallest absolute Gasteiger partial charge is 0.269 e. The van der Waals surface area contributed by atoms with E-state index < -0.39 is 16.6 Å². The van der Waals surface area contributed by atoms with E-state index in [1.807, 2.05) is 0 Å². The van der Waals surface area contributed by atoms with Crippen LogP contribution in [0.15, 0.2) is 78.0 Å². The van der Waals surface area contributed by atoms with Crippen LogP contribution in [-0.2, 0) is 12.3 Å². The number of nitrogens with zero attached hydrogens (tertiary/aromatic N) is 4. The van der Waals surface area contributed by atoms with Crippen LogP contribution in [0.2, 0.25) is 0 Å². The molecule has 1 heterocycles. The summed E-state index contributed by atoms with van der Waals surface area (Å²) in [4.78, 5) is 22.9. The van der Waals surface area contributed by atoms with Crippen LogP contribution in [0.25, 0.3) is 5.69 Å². The first-order valence-electron chi connectivity index (χ1n) is 10.0. The highest BCUT2D eigenvalue weighted by Crippen LogP contribution is 2.26. The van der Waals surface area contributed by atoms with Gasteiger partial charge in [-0.3, -0.25) is 19.5 Å². The number of nitrogens with one attached hydrogen (secondary N) is 1. The molecule has 8 nitrogen and oxygen atoms in total. The van der Waals surface area contributed by atoms with Crippen molar-refractivity contribution in [3.8, 4) is 5.69 Å². The molecule has 0 aliphatic carbocycles. The third-order valence-corrected chi connectivity index (χ3v) is 5.83. The Labute approximate surface area is 196 Å². The summed E-state index contributed by atoms with van der Waals surface area (Å²) in [6.07, 6.45) is 0. The van der Waals surface area contributed by atoms with Crippen molar-refractivity contribution < 1.29 is 18.5 Å². The zero-order valence-electron chi connectivity index (χ0n) is 17.5. The Morgan fingerprint density at radius 2 is 1.71 bits per heavy atom. The molecule has 11 heteroatoms. The molecule has 34 heavy (non-hydrogen) atoms. The van der Waals surface area contributed by atoms with Crippen molar-refractivity contribution in [1.82, 2.24) is 20.1 Å². The molecular weight excluding hydrogens is 464 g/mol. The number of rotatable bonds is 8. The van der Waals surface area contributed by atoms with Crippen molar-refractivity contribution in [2.24, 2.45) is 0 Å². The highest BCUT2D eigenvalue weighted by molar-refractivity contribution is 7.98. The summed E-state index contributed by atoms with van der Waals surface area (Å²) < 4.78 is 28.8. The molecule has 1 N–H and O–H groups in total. The van der Waals surface area contributed by atoms with Gasteiger partial charge in [0.1, 0.15) is 11.6 Å². The molecule has 4 rings (SSSR count). The summed E-state index contributed by atoms with van der Waals surface area (Å²) in [6.45, 7) is -0.0612. The first kappa shape index (κ1) is 23.1. The van der Waals surface area contributed by atoms with E-state index in [0.29, 0.717) is 22.4 Å². The molecular formula is C23H17F2N5O3S. The van der Waals surface area contributed by atoms with E-state index in [4.69, 9.17) is 0 Å². The Bertz CT molecular complexity index is 1330. The lowest BCUT2D eigenvalue weighted by atomic mass is 10.2. The Hall–Kier alpha value is -4.12. The molecule has 0 saturated heterocycles. The molecule has 0 atom stereocenters. The fourth-order valence-electron chi connectivity index (χ4n) is 3.12. The number of non-ortho nitro benzene ring substituents is 1. The van der Waals surface area contributed by atoms with E-state index in [1.54, 1.807) is 34.9 Å². The number of hydrogen-bond acceptors (Lipinski definition) is 6. The molecule has 0 aliphatic rings. The van der Waals surface area contributed by atoms with E-state index >= 15 is 0 Å². The molecule has 1 aromatic heterocycles. The number of benzene rings is 3. The first-order chi connectivity index (χ1) is 16.4. The van der Waals surface area contributed by atoms with Gasteiger partial charge in [-0.15, -0.1) is 10.2 Å². The summed E-state index contributed by atoms with van der Waals surface area (Å²) in [5.41, 5.74) is 1.23. The second kappa shape index (κ2) is 10.2. The van der Waals surface area contributed by atoms with Gasteiger partial charge in [-0.25, -0.2) is 8.78 Å². The Balaban J connectivity index is 1.60. The molecule has 0 aliphatic heterocycles. The molecule has 0 radical (unpaired) electrons. The summed E-state index contributed by atoms with van der Waals surface area (Å²) in [7, 11) is 0. The minimum atomic E-state index is -0.646. The lowest BCUT2D eigenvalue weighted by Crippen LogP contribution is -2.25. The third kappa shape index (κ3) is 5.26. The molecule has 1 amide bonds. The average molecular weight is 481 g/mol. The van der Waals surface area contributed by atoms with E-state index in [9.17, 15) is 23.7 Å². The fourth-order valence-corrected chi connectivity index (χ4v) is 4.05. The van der Waals surface area contributed by atoms with Crippen LogP contribution in [0.4, 0.5) is 14.5 Å². The zero-order valence-corrected chi connectivity index (χ0v) is 18.3. The van der Waals surface area contributed by atoms with E-state index in [1.165, 1.54) is 54.2 Å². The topological polar surface area (TPSA) is 103 Å². The summed E-state index contributed by atoms with van der Waals surface area (Å²) in [5, 5.41) is 22.5. The van der Waals surface area contributed by atoms with Crippen molar-refractivity contribution in [2.75, 3.05) is 0 Å². The van der Waals surface area contributed by atoms with Gasteiger partial charge in [-0.1, -0.05) is 36.0 Å². The van der Waals surface area contributed by atoms with Crippen LogP contribution in [0, 0.1) is 21.7 Å². The summed E-state index contributed by atoms with van der Waals surface area (Å²) in [6, 6.07) is 17.4. The van der Waals surface area contributed by atoms with Crippen molar-refractivity contribution in [2.45, 2.75) is 17.5 Å². The lowest BCUT2D eigenvalue weighted by Gasteiger charge is -2.11. The molecule has 0 saturated carbocycles. The van der Waals surface area contributed by atoms with Crippen LogP contribution in [0.3, 0.4) is 0 Å². The van der Waals surface area contributed by atoms with Crippen LogP contribution < -0.4 is 5.32 Å². The van der Waals surface area contributed by atoms with Gasteiger partial charge in [-0.2, -0.15) is 0 Å². The monoisotopic (exact) mass is 481 g/mol. The standard InChI is InChI=1S/C23H17F2N5O3S/c24-16-7-5-15(6-8-16)14-34-23-28-27-21(13-26-22(31)19-3-1-2-4-20(19)25)29(23)17-9-11-18(12-10-17)30(32)33/h1-12H,13-14H2,(H,26,31). The predicted octanol–water partition coefficient (Wildman–Crippen LogP) is 4.68. The van der Waals surface area contributed by atoms with Gasteiger partial charge in [0.2, 0.25) is 0 Å². The van der Waals surface area contributed by atoms with Gasteiger partial charge in [0.25, 0.3) is 11.6 Å². The van der Waals surface area contributed by atoms with Crippen molar-refractivity contribution in [3.63, 3.8) is 0 Å². The zero-order chi connectivity index (χ0) is 24.1. The maximum absolute atomic E-state index is 13.9. The number of carbonyl (C=O) groups excluding carboxylic acids is 1. The normalized spacial score (nSPS) is 10.8. The Kier molecular flexibility index (Phi) is 6.93. The van der Waals surface area contributed by atoms with Crippen molar-refractivity contribution in [3.05, 3.63) is 111 Å². The van der Waals surface area contributed by atoms with Crippen LogP contribution in [0.5, 0.6) is 0 Å². The second-order valence-electron chi connectivity index (χ2n) is 7.09. The third-order valence-electron chi connectivity index (χ3n) is 4.83. The lowest BCUT2D eigenvalue weighted by molar-refractivity contribution is -0.384. The number of carbonyl (C=O) groups is 1. The quantitative estimate of drug-likeness (QED) is 0.223. The Morgan fingerprint density at radius 1 is 1.00 bits per heavy atom. The summed E-state index contributed by atoms with van der Waals surface area (Å²) >= 11 is 1.33. The largest absolute Gasteiger partial charge is 0.345 e. The van der Waals surface area contributed by atoms with Gasteiger partial charge < -0.3 is 5.32 Å². The molecule has 0 fully saturated rings. The molecule has 4 aromatic rings. The average Bonchev–Trinajstić information content (AvgIpc) is 3.25. The predicted molar refractivity (Wildman–Crippen MR) is 122 cm³/mol. The van der Waals surface area contributed by atoms with E-state index in [0.717, 1.165) is 5.56 Å². The second-order valence-corrected chi connectivity index (χ2v) is 8.03. The van der Waals surface area contributed by atoms with Crippen molar-refractivity contribution >= 4 is 23.4 Å². The minimum absolute atomic E-state index is 0.0612. The van der Waals surface area contributed by atoms with Gasteiger partial charge in [0.05, 0.1) is 17.0 Å². The molecule has 0 unspecified atom stereocenters. The SMILES string of the molecule is O=C(NCc1nnc(SCc2ccc(F)cc2)n1-c1ccc([N+](=O)[O-])cc1)c1ccccc1F. The fraction of sp³-hybridized carbons (Fsp3) is 0.0870. The number of hydrogen-bond donors (Lipinski definition) is 1. The maximum atomic E-state index is 13.9. The van der Waals surface area contributed by atoms with Gasteiger partial charge >= 0.3 is 0 Å². The minimum Gasteiger partial charge on any atom is -0.345 e. The molecule has 172 valence electrons. The number of halogens is 2. The van der Waals surface area contributed by atoms with Gasteiger partial charge in [0, 0.05) is 23.6 Å². The molecule has 0 bridgehead atoms. The van der Waals surface area contributed by atoms with E-state index in [2.05, 4.69) is 15.5 Å². The molecule has 0 spiro atoms.